The zero-order valence-electron chi connectivity index (χ0n) is 20.5. The van der Waals surface area contributed by atoms with E-state index in [0.717, 1.165) is 28.2 Å². The molecule has 0 heterocycles. The zero-order chi connectivity index (χ0) is 25.8. The van der Waals surface area contributed by atoms with Gasteiger partial charge in [-0.25, -0.2) is 0 Å². The van der Waals surface area contributed by atoms with Crippen molar-refractivity contribution >= 4 is 46.8 Å². The molecule has 0 aliphatic carbocycles. The van der Waals surface area contributed by atoms with Crippen LogP contribution in [0.1, 0.15) is 37.3 Å². The third kappa shape index (κ3) is 9.20. The van der Waals surface area contributed by atoms with Crippen molar-refractivity contribution in [3.8, 4) is 0 Å². The van der Waals surface area contributed by atoms with Crippen LogP contribution in [0.2, 0.25) is 10.0 Å². The molecule has 0 saturated carbocycles. The van der Waals surface area contributed by atoms with Crippen molar-refractivity contribution in [2.75, 3.05) is 12.3 Å². The lowest BCUT2D eigenvalue weighted by Gasteiger charge is -2.31. The summed E-state index contributed by atoms with van der Waals surface area (Å²) in [5, 5.41) is 4.32. The molecule has 0 spiro atoms. The minimum absolute atomic E-state index is 0.0424. The predicted molar refractivity (Wildman–Crippen MR) is 151 cm³/mol. The van der Waals surface area contributed by atoms with E-state index >= 15 is 0 Å². The monoisotopic (exact) mass is 542 g/mol. The highest BCUT2D eigenvalue weighted by Gasteiger charge is 2.30. The van der Waals surface area contributed by atoms with Crippen molar-refractivity contribution in [1.29, 1.82) is 0 Å². The van der Waals surface area contributed by atoms with Crippen LogP contribution in [-0.4, -0.2) is 35.1 Å². The Bertz CT molecular complexity index is 1110. The van der Waals surface area contributed by atoms with Gasteiger partial charge in [0, 0.05) is 40.9 Å². The number of hydrogen-bond acceptors (Lipinski definition) is 3. The summed E-state index contributed by atoms with van der Waals surface area (Å²) in [5.41, 5.74) is 1.91. The first-order valence-electron chi connectivity index (χ1n) is 12.2. The Hall–Kier alpha value is -2.47. The van der Waals surface area contributed by atoms with Crippen LogP contribution in [0.4, 0.5) is 0 Å². The maximum atomic E-state index is 13.6. The highest BCUT2D eigenvalue weighted by atomic mass is 35.5. The number of carbonyl (C=O) groups is 2. The van der Waals surface area contributed by atoms with E-state index in [2.05, 4.69) is 5.32 Å². The third-order valence-corrected chi connectivity index (χ3v) is 7.26. The van der Waals surface area contributed by atoms with Crippen molar-refractivity contribution in [3.05, 3.63) is 100 Å². The lowest BCUT2D eigenvalue weighted by atomic mass is 10.0. The second-order valence-corrected chi connectivity index (χ2v) is 10.6. The van der Waals surface area contributed by atoms with Crippen molar-refractivity contribution in [2.45, 2.75) is 50.1 Å². The van der Waals surface area contributed by atoms with Crippen LogP contribution in [0, 0.1) is 0 Å². The van der Waals surface area contributed by atoms with E-state index in [9.17, 15) is 9.59 Å². The number of amides is 2. The minimum Gasteiger partial charge on any atom is -0.354 e. The van der Waals surface area contributed by atoms with Gasteiger partial charge in [-0.05, 0) is 66.1 Å². The summed E-state index contributed by atoms with van der Waals surface area (Å²) in [4.78, 5) is 29.7. The molecule has 3 rings (SSSR count). The van der Waals surface area contributed by atoms with Gasteiger partial charge < -0.3 is 10.2 Å². The van der Waals surface area contributed by atoms with E-state index in [1.54, 1.807) is 22.7 Å². The normalized spacial score (nSPS) is 11.6. The number of rotatable bonds is 13. The van der Waals surface area contributed by atoms with E-state index in [-0.39, 0.29) is 11.8 Å². The van der Waals surface area contributed by atoms with Gasteiger partial charge >= 0.3 is 0 Å². The molecule has 7 heteroatoms. The van der Waals surface area contributed by atoms with Crippen LogP contribution in [0.5, 0.6) is 0 Å². The van der Waals surface area contributed by atoms with Gasteiger partial charge in [-0.1, -0.05) is 72.6 Å². The SMILES string of the molecule is CCCNC(=O)[C@@H](Cc1ccccc1)N(Cc1cccc(Cl)c1)C(=O)CCCSc1ccc(Cl)cc1. The van der Waals surface area contributed by atoms with E-state index in [4.69, 9.17) is 23.2 Å². The van der Waals surface area contributed by atoms with Crippen LogP contribution in [-0.2, 0) is 22.6 Å². The van der Waals surface area contributed by atoms with Crippen molar-refractivity contribution < 1.29 is 9.59 Å². The average molecular weight is 544 g/mol. The molecule has 0 aromatic heterocycles. The molecule has 0 bridgehead atoms. The van der Waals surface area contributed by atoms with Gasteiger partial charge in [-0.2, -0.15) is 0 Å². The number of hydrogen-bond donors (Lipinski definition) is 1. The Morgan fingerprint density at radius 2 is 1.64 bits per heavy atom. The Morgan fingerprint density at radius 1 is 0.917 bits per heavy atom. The van der Waals surface area contributed by atoms with Gasteiger partial charge in [-0.3, -0.25) is 9.59 Å². The smallest absolute Gasteiger partial charge is 0.243 e. The molecule has 0 aliphatic rings. The molecule has 3 aromatic rings. The summed E-state index contributed by atoms with van der Waals surface area (Å²) >= 11 is 13.9. The van der Waals surface area contributed by atoms with Gasteiger partial charge in [-0.15, -0.1) is 11.8 Å². The summed E-state index contributed by atoms with van der Waals surface area (Å²) in [6, 6.07) is 24.4. The molecule has 3 aromatic carbocycles. The highest BCUT2D eigenvalue weighted by molar-refractivity contribution is 7.99. The largest absolute Gasteiger partial charge is 0.354 e. The summed E-state index contributed by atoms with van der Waals surface area (Å²) in [6.07, 6.45) is 2.33. The number of nitrogens with zero attached hydrogens (tertiary/aromatic N) is 1. The van der Waals surface area contributed by atoms with Crippen molar-refractivity contribution in [1.82, 2.24) is 10.2 Å². The Morgan fingerprint density at radius 3 is 2.33 bits per heavy atom. The van der Waals surface area contributed by atoms with Crippen LogP contribution >= 0.6 is 35.0 Å². The number of carbonyl (C=O) groups excluding carboxylic acids is 2. The molecule has 1 N–H and O–H groups in total. The van der Waals surface area contributed by atoms with Crippen LogP contribution in [0.15, 0.2) is 83.8 Å². The standard InChI is InChI=1S/C29H32Cl2N2O2S/c1-2-17-32-29(35)27(20-22-8-4-3-5-9-22)33(21-23-10-6-11-25(31)19-23)28(34)12-7-18-36-26-15-13-24(30)14-16-26/h3-6,8-11,13-16,19,27H,2,7,12,17-18,20-21H2,1H3,(H,32,35)/t27-/m1/s1. The molecule has 4 nitrogen and oxygen atoms in total. The Kier molecular flexibility index (Phi) is 11.7. The molecule has 0 saturated heterocycles. The molecule has 0 fully saturated rings. The van der Waals surface area contributed by atoms with Crippen LogP contribution < -0.4 is 5.32 Å². The summed E-state index contributed by atoms with van der Waals surface area (Å²) in [7, 11) is 0. The van der Waals surface area contributed by atoms with Gasteiger partial charge in [0.25, 0.3) is 0 Å². The topological polar surface area (TPSA) is 49.4 Å². The summed E-state index contributed by atoms with van der Waals surface area (Å²) in [5.74, 6) is 0.620. The van der Waals surface area contributed by atoms with Gasteiger partial charge in [0.05, 0.1) is 0 Å². The van der Waals surface area contributed by atoms with Gasteiger partial charge in [0.1, 0.15) is 6.04 Å². The number of nitrogens with one attached hydrogen (secondary N) is 1. The molecule has 36 heavy (non-hydrogen) atoms. The predicted octanol–water partition coefficient (Wildman–Crippen LogP) is 7.03. The maximum absolute atomic E-state index is 13.6. The van der Waals surface area contributed by atoms with Gasteiger partial charge in [0.2, 0.25) is 11.8 Å². The Labute approximate surface area is 228 Å². The first-order chi connectivity index (χ1) is 17.5. The van der Waals surface area contributed by atoms with E-state index in [1.807, 2.05) is 79.7 Å². The molecular formula is C29H32Cl2N2O2S. The minimum atomic E-state index is -0.616. The molecule has 190 valence electrons. The first kappa shape index (κ1) is 28.1. The third-order valence-electron chi connectivity index (χ3n) is 5.68. The zero-order valence-corrected chi connectivity index (χ0v) is 22.8. The molecule has 0 aliphatic heterocycles. The van der Waals surface area contributed by atoms with E-state index in [1.165, 1.54) is 0 Å². The van der Waals surface area contributed by atoms with Crippen molar-refractivity contribution in [2.24, 2.45) is 0 Å². The van der Waals surface area contributed by atoms with Gasteiger partial charge in [0.15, 0.2) is 0 Å². The summed E-state index contributed by atoms with van der Waals surface area (Å²) in [6.45, 7) is 2.90. The molecule has 0 unspecified atom stereocenters. The van der Waals surface area contributed by atoms with Crippen LogP contribution in [0.3, 0.4) is 0 Å². The molecule has 0 radical (unpaired) electrons. The number of thioether (sulfide) groups is 1. The summed E-state index contributed by atoms with van der Waals surface area (Å²) < 4.78 is 0. The van der Waals surface area contributed by atoms with Crippen molar-refractivity contribution in [3.63, 3.8) is 0 Å². The van der Waals surface area contributed by atoms with E-state index < -0.39 is 6.04 Å². The number of halogens is 2. The Balaban J connectivity index is 1.77. The lowest BCUT2D eigenvalue weighted by molar-refractivity contribution is -0.141. The molecule has 1 atom stereocenters. The second-order valence-electron chi connectivity index (χ2n) is 8.55. The fraction of sp³-hybridized carbons (Fsp3) is 0.310. The quantitative estimate of drug-likeness (QED) is 0.186. The van der Waals surface area contributed by atoms with Crippen LogP contribution in [0.25, 0.3) is 0 Å². The molecule has 2 amide bonds. The second kappa shape index (κ2) is 14.9. The van der Waals surface area contributed by atoms with E-state index in [0.29, 0.717) is 42.4 Å². The average Bonchev–Trinajstić information content (AvgIpc) is 2.88. The maximum Gasteiger partial charge on any atom is 0.243 e. The fourth-order valence-electron chi connectivity index (χ4n) is 3.84. The fourth-order valence-corrected chi connectivity index (χ4v) is 5.03. The lowest BCUT2D eigenvalue weighted by Crippen LogP contribution is -2.50. The number of benzene rings is 3. The highest BCUT2D eigenvalue weighted by Crippen LogP contribution is 2.23. The first-order valence-corrected chi connectivity index (χ1v) is 13.9. The molecular weight excluding hydrogens is 511 g/mol.